The minimum absolute atomic E-state index is 0.174. The Balaban J connectivity index is 1.58. The van der Waals surface area contributed by atoms with Gasteiger partial charge in [-0.2, -0.15) is 0 Å². The van der Waals surface area contributed by atoms with Gasteiger partial charge in [0.25, 0.3) is 0 Å². The Bertz CT molecular complexity index is 363. The van der Waals surface area contributed by atoms with Gasteiger partial charge in [-0.05, 0) is 37.1 Å². The molecule has 2 rings (SSSR count). The molecule has 1 N–H and O–H groups in total. The first-order chi connectivity index (χ1) is 9.24. The first-order valence-corrected chi connectivity index (χ1v) is 6.95. The number of hydrogen-bond acceptors (Lipinski definition) is 3. The van der Waals surface area contributed by atoms with Crippen LogP contribution in [0.1, 0.15) is 12.0 Å². The molecule has 0 saturated carbocycles. The van der Waals surface area contributed by atoms with Crippen LogP contribution in [0.25, 0.3) is 0 Å². The molecular weight excluding hydrogens is 243 g/mol. The lowest BCUT2D eigenvalue weighted by Crippen LogP contribution is -2.32. The van der Waals surface area contributed by atoms with Gasteiger partial charge in [0.05, 0.1) is 6.61 Å². The summed E-state index contributed by atoms with van der Waals surface area (Å²) >= 11 is 0. The Morgan fingerprint density at radius 2 is 2.16 bits per heavy atom. The highest BCUT2D eigenvalue weighted by molar-refractivity contribution is 5.15. The summed E-state index contributed by atoms with van der Waals surface area (Å²) in [6, 6.07) is 6.72. The first kappa shape index (κ1) is 14.4. The topological polar surface area (TPSA) is 24.5 Å². The molecule has 1 unspecified atom stereocenters. The third-order valence-corrected chi connectivity index (χ3v) is 3.49. The van der Waals surface area contributed by atoms with Crippen molar-refractivity contribution in [2.24, 2.45) is 5.92 Å². The summed E-state index contributed by atoms with van der Waals surface area (Å²) in [5, 5.41) is 3.47. The molecule has 1 fully saturated rings. The van der Waals surface area contributed by atoms with Gasteiger partial charge in [-0.1, -0.05) is 12.1 Å². The van der Waals surface area contributed by atoms with E-state index in [-0.39, 0.29) is 5.82 Å². The molecule has 0 spiro atoms. The van der Waals surface area contributed by atoms with Crippen LogP contribution in [0.3, 0.4) is 0 Å². The molecule has 19 heavy (non-hydrogen) atoms. The van der Waals surface area contributed by atoms with Crippen LogP contribution in [0.4, 0.5) is 4.39 Å². The second kappa shape index (κ2) is 7.58. The molecule has 0 bridgehead atoms. The van der Waals surface area contributed by atoms with Crippen LogP contribution in [0.5, 0.6) is 0 Å². The Morgan fingerprint density at radius 3 is 2.84 bits per heavy atom. The highest BCUT2D eigenvalue weighted by Crippen LogP contribution is 2.10. The molecule has 0 aromatic heterocycles. The van der Waals surface area contributed by atoms with Gasteiger partial charge < -0.3 is 15.0 Å². The van der Waals surface area contributed by atoms with Crippen LogP contribution < -0.4 is 5.32 Å². The van der Waals surface area contributed by atoms with E-state index in [1.807, 2.05) is 12.1 Å². The quantitative estimate of drug-likeness (QED) is 0.763. The molecule has 0 radical (unpaired) electrons. The van der Waals surface area contributed by atoms with Crippen molar-refractivity contribution in [3.8, 4) is 0 Å². The Morgan fingerprint density at radius 1 is 1.37 bits per heavy atom. The predicted molar refractivity (Wildman–Crippen MR) is 74.5 cm³/mol. The normalized spacial score (nSPS) is 19.2. The van der Waals surface area contributed by atoms with Gasteiger partial charge in [0.15, 0.2) is 0 Å². The Hall–Kier alpha value is -0.970. The van der Waals surface area contributed by atoms with Crippen molar-refractivity contribution >= 4 is 0 Å². The molecule has 1 aromatic carbocycles. The van der Waals surface area contributed by atoms with Gasteiger partial charge in [0, 0.05) is 32.8 Å². The fourth-order valence-corrected chi connectivity index (χ4v) is 2.30. The zero-order valence-corrected chi connectivity index (χ0v) is 11.6. The highest BCUT2D eigenvalue weighted by Gasteiger charge is 2.14. The second-order valence-corrected chi connectivity index (χ2v) is 5.30. The van der Waals surface area contributed by atoms with E-state index in [1.54, 1.807) is 0 Å². The molecule has 0 amide bonds. The summed E-state index contributed by atoms with van der Waals surface area (Å²) in [5.41, 5.74) is 1.15. The standard InChI is InChI=1S/C15H23FN2O/c1-18(11-13-2-4-15(16)5-3-13)8-7-17-10-14-6-9-19-12-14/h2-5,14,17H,6-12H2,1H3. The molecule has 1 heterocycles. The van der Waals surface area contributed by atoms with Crippen molar-refractivity contribution in [1.82, 2.24) is 10.2 Å². The maximum Gasteiger partial charge on any atom is 0.123 e. The lowest BCUT2D eigenvalue weighted by Gasteiger charge is -2.17. The third kappa shape index (κ3) is 5.27. The van der Waals surface area contributed by atoms with Crippen molar-refractivity contribution < 1.29 is 9.13 Å². The number of ether oxygens (including phenoxy) is 1. The minimum atomic E-state index is -0.174. The van der Waals surface area contributed by atoms with Crippen molar-refractivity contribution in [2.75, 3.05) is 39.9 Å². The number of nitrogens with one attached hydrogen (secondary N) is 1. The summed E-state index contributed by atoms with van der Waals surface area (Å²) in [4.78, 5) is 2.24. The van der Waals surface area contributed by atoms with E-state index in [9.17, 15) is 4.39 Å². The van der Waals surface area contributed by atoms with E-state index < -0.39 is 0 Å². The number of halogens is 1. The summed E-state index contributed by atoms with van der Waals surface area (Å²) in [6.45, 7) is 5.69. The molecule has 1 aliphatic heterocycles. The van der Waals surface area contributed by atoms with Gasteiger partial charge in [-0.15, -0.1) is 0 Å². The summed E-state index contributed by atoms with van der Waals surface area (Å²) in [6.07, 6.45) is 1.18. The molecule has 3 nitrogen and oxygen atoms in total. The lowest BCUT2D eigenvalue weighted by atomic mass is 10.1. The molecule has 1 aliphatic rings. The number of hydrogen-bond donors (Lipinski definition) is 1. The van der Waals surface area contributed by atoms with Gasteiger partial charge >= 0.3 is 0 Å². The first-order valence-electron chi connectivity index (χ1n) is 6.95. The van der Waals surface area contributed by atoms with Crippen LogP contribution >= 0.6 is 0 Å². The SMILES string of the molecule is CN(CCNCC1CCOC1)Cc1ccc(F)cc1. The van der Waals surface area contributed by atoms with Crippen molar-refractivity contribution in [1.29, 1.82) is 0 Å². The number of likely N-dealkylation sites (N-methyl/N-ethyl adjacent to an activating group) is 1. The fourth-order valence-electron chi connectivity index (χ4n) is 2.30. The van der Waals surface area contributed by atoms with E-state index >= 15 is 0 Å². The summed E-state index contributed by atoms with van der Waals surface area (Å²) in [5.74, 6) is 0.509. The minimum Gasteiger partial charge on any atom is -0.381 e. The Kier molecular flexibility index (Phi) is 5.76. The maximum atomic E-state index is 12.8. The second-order valence-electron chi connectivity index (χ2n) is 5.30. The van der Waals surface area contributed by atoms with Crippen LogP contribution in [0, 0.1) is 11.7 Å². The van der Waals surface area contributed by atoms with Gasteiger partial charge in [-0.25, -0.2) is 4.39 Å². The van der Waals surface area contributed by atoms with Crippen molar-refractivity contribution in [2.45, 2.75) is 13.0 Å². The van der Waals surface area contributed by atoms with Crippen LogP contribution in [0.15, 0.2) is 24.3 Å². The average Bonchev–Trinajstić information content (AvgIpc) is 2.91. The largest absolute Gasteiger partial charge is 0.381 e. The van der Waals surface area contributed by atoms with E-state index in [0.29, 0.717) is 5.92 Å². The molecule has 4 heteroatoms. The molecule has 0 aliphatic carbocycles. The van der Waals surface area contributed by atoms with E-state index in [2.05, 4.69) is 17.3 Å². The lowest BCUT2D eigenvalue weighted by molar-refractivity contribution is 0.185. The van der Waals surface area contributed by atoms with Crippen molar-refractivity contribution in [3.05, 3.63) is 35.6 Å². The highest BCUT2D eigenvalue weighted by atomic mass is 19.1. The monoisotopic (exact) mass is 266 g/mol. The van der Waals surface area contributed by atoms with Gasteiger partial charge in [0.2, 0.25) is 0 Å². The van der Waals surface area contributed by atoms with Crippen molar-refractivity contribution in [3.63, 3.8) is 0 Å². The summed E-state index contributed by atoms with van der Waals surface area (Å²) in [7, 11) is 2.09. The van der Waals surface area contributed by atoms with Crippen LogP contribution in [-0.2, 0) is 11.3 Å². The third-order valence-electron chi connectivity index (χ3n) is 3.49. The van der Waals surface area contributed by atoms with Gasteiger partial charge in [-0.3, -0.25) is 0 Å². The van der Waals surface area contributed by atoms with Crippen LogP contribution in [0.2, 0.25) is 0 Å². The zero-order valence-electron chi connectivity index (χ0n) is 11.6. The molecular formula is C15H23FN2O. The molecule has 1 atom stereocenters. The number of nitrogens with zero attached hydrogens (tertiary/aromatic N) is 1. The smallest absolute Gasteiger partial charge is 0.123 e. The maximum absolute atomic E-state index is 12.8. The fraction of sp³-hybridized carbons (Fsp3) is 0.600. The van der Waals surface area contributed by atoms with Crippen LogP contribution in [-0.4, -0.2) is 44.8 Å². The van der Waals surface area contributed by atoms with Gasteiger partial charge in [0.1, 0.15) is 5.82 Å². The van der Waals surface area contributed by atoms with E-state index in [4.69, 9.17) is 4.74 Å². The molecule has 1 aromatic rings. The number of rotatable bonds is 7. The zero-order chi connectivity index (χ0) is 13.5. The average molecular weight is 266 g/mol. The molecule has 106 valence electrons. The van der Waals surface area contributed by atoms with E-state index in [0.717, 1.165) is 45.0 Å². The summed E-state index contributed by atoms with van der Waals surface area (Å²) < 4.78 is 18.1. The molecule has 1 saturated heterocycles. The number of benzene rings is 1. The van der Waals surface area contributed by atoms with E-state index in [1.165, 1.54) is 18.6 Å². The predicted octanol–water partition coefficient (Wildman–Crippen LogP) is 1.88. The Labute approximate surface area is 114 Å².